The fourth-order valence-electron chi connectivity index (χ4n) is 3.44. The molecular weight excluding hydrogens is 262 g/mol. The predicted molar refractivity (Wildman–Crippen MR) is 85.9 cm³/mol. The van der Waals surface area contributed by atoms with Crippen molar-refractivity contribution in [3.63, 3.8) is 0 Å². The Hall–Kier alpha value is -1.48. The van der Waals surface area contributed by atoms with Crippen molar-refractivity contribution in [2.45, 2.75) is 32.7 Å². The van der Waals surface area contributed by atoms with Crippen LogP contribution in [0.15, 0.2) is 24.3 Å². The van der Waals surface area contributed by atoms with Gasteiger partial charge < -0.3 is 9.47 Å². The van der Waals surface area contributed by atoms with Crippen LogP contribution in [0.5, 0.6) is 11.5 Å². The van der Waals surface area contributed by atoms with Crippen LogP contribution in [-0.4, -0.2) is 37.7 Å². The molecule has 0 radical (unpaired) electrons. The fraction of sp³-hybridized carbons (Fsp3) is 0.556. The van der Waals surface area contributed by atoms with Crippen molar-refractivity contribution in [2.24, 2.45) is 5.92 Å². The summed E-state index contributed by atoms with van der Waals surface area (Å²) in [6, 6.07) is 6.52. The number of benzene rings is 1. The van der Waals surface area contributed by atoms with E-state index < -0.39 is 0 Å². The van der Waals surface area contributed by atoms with E-state index in [2.05, 4.69) is 30.9 Å². The van der Waals surface area contributed by atoms with E-state index in [1.54, 1.807) is 7.11 Å². The van der Waals surface area contributed by atoms with Gasteiger partial charge in [-0.05, 0) is 49.1 Å². The Morgan fingerprint density at radius 3 is 2.90 bits per heavy atom. The van der Waals surface area contributed by atoms with Gasteiger partial charge in [0.25, 0.3) is 0 Å². The maximum atomic E-state index is 6.00. The van der Waals surface area contributed by atoms with Crippen molar-refractivity contribution >= 4 is 5.57 Å². The Kier molecular flexibility index (Phi) is 4.20. The second kappa shape index (κ2) is 6.10. The van der Waals surface area contributed by atoms with Crippen molar-refractivity contribution in [2.75, 3.05) is 26.8 Å². The summed E-state index contributed by atoms with van der Waals surface area (Å²) >= 11 is 0. The standard InChI is InChI=1S/C18H25NO2/c1-4-8-19-11-13(5-2)9-15-16-10-14(20-3)6-7-18(16)21-12-17(15)19/h6-7,9-10,13,17H,4-5,8,11-12H2,1-3H3. The molecule has 0 spiro atoms. The molecule has 2 aliphatic rings. The van der Waals surface area contributed by atoms with E-state index in [4.69, 9.17) is 9.47 Å². The van der Waals surface area contributed by atoms with Crippen LogP contribution < -0.4 is 9.47 Å². The van der Waals surface area contributed by atoms with E-state index in [1.165, 1.54) is 24.0 Å². The smallest absolute Gasteiger partial charge is 0.127 e. The molecule has 3 nitrogen and oxygen atoms in total. The summed E-state index contributed by atoms with van der Waals surface area (Å²) in [7, 11) is 1.72. The molecule has 2 heterocycles. The SMILES string of the molecule is CCCN1CC(CC)C=C2c3cc(OC)ccc3OCC21. The zero-order chi connectivity index (χ0) is 14.8. The highest BCUT2D eigenvalue weighted by Crippen LogP contribution is 2.40. The van der Waals surface area contributed by atoms with E-state index >= 15 is 0 Å². The lowest BCUT2D eigenvalue weighted by molar-refractivity contribution is 0.139. The van der Waals surface area contributed by atoms with Gasteiger partial charge in [-0.2, -0.15) is 0 Å². The number of methoxy groups -OCH3 is 1. The lowest BCUT2D eigenvalue weighted by Gasteiger charge is -2.42. The third kappa shape index (κ3) is 2.67. The topological polar surface area (TPSA) is 21.7 Å². The minimum absolute atomic E-state index is 0.396. The van der Waals surface area contributed by atoms with E-state index in [0.29, 0.717) is 12.0 Å². The van der Waals surface area contributed by atoms with Gasteiger partial charge in [-0.3, -0.25) is 4.90 Å². The van der Waals surface area contributed by atoms with Crippen LogP contribution in [-0.2, 0) is 0 Å². The van der Waals surface area contributed by atoms with Crippen LogP contribution in [0.4, 0.5) is 0 Å². The zero-order valence-electron chi connectivity index (χ0n) is 13.3. The number of hydrogen-bond acceptors (Lipinski definition) is 3. The maximum absolute atomic E-state index is 6.00. The van der Waals surface area contributed by atoms with Crippen LogP contribution in [0.3, 0.4) is 0 Å². The fourth-order valence-corrected chi connectivity index (χ4v) is 3.44. The second-order valence-corrected chi connectivity index (χ2v) is 5.97. The Morgan fingerprint density at radius 2 is 2.19 bits per heavy atom. The molecule has 0 amide bonds. The molecule has 0 aromatic heterocycles. The van der Waals surface area contributed by atoms with E-state index in [1.807, 2.05) is 12.1 Å². The number of ether oxygens (including phenoxy) is 2. The highest BCUT2D eigenvalue weighted by molar-refractivity contribution is 5.77. The van der Waals surface area contributed by atoms with Gasteiger partial charge in [0.1, 0.15) is 18.1 Å². The molecule has 0 saturated carbocycles. The monoisotopic (exact) mass is 287 g/mol. The minimum atomic E-state index is 0.396. The summed E-state index contributed by atoms with van der Waals surface area (Å²) in [6.45, 7) is 7.58. The van der Waals surface area contributed by atoms with Gasteiger partial charge in [0, 0.05) is 12.1 Å². The number of rotatable bonds is 4. The van der Waals surface area contributed by atoms with E-state index in [9.17, 15) is 0 Å². The van der Waals surface area contributed by atoms with Crippen LogP contribution in [0.25, 0.3) is 5.57 Å². The molecule has 2 atom stereocenters. The van der Waals surface area contributed by atoms with E-state index in [0.717, 1.165) is 31.2 Å². The molecule has 21 heavy (non-hydrogen) atoms. The third-order valence-electron chi connectivity index (χ3n) is 4.61. The first-order valence-electron chi connectivity index (χ1n) is 8.03. The third-order valence-corrected chi connectivity index (χ3v) is 4.61. The summed E-state index contributed by atoms with van der Waals surface area (Å²) < 4.78 is 11.4. The largest absolute Gasteiger partial charge is 0.497 e. The zero-order valence-corrected chi connectivity index (χ0v) is 13.3. The summed E-state index contributed by atoms with van der Waals surface area (Å²) in [6.07, 6.45) is 4.85. The molecule has 2 aliphatic heterocycles. The Balaban J connectivity index is 2.01. The molecule has 114 valence electrons. The molecule has 1 aromatic rings. The van der Waals surface area contributed by atoms with Crippen LogP contribution in [0.1, 0.15) is 32.3 Å². The minimum Gasteiger partial charge on any atom is -0.497 e. The quantitative estimate of drug-likeness (QED) is 0.844. The molecule has 3 rings (SSSR count). The maximum Gasteiger partial charge on any atom is 0.127 e. The highest BCUT2D eigenvalue weighted by atomic mass is 16.5. The predicted octanol–water partition coefficient (Wildman–Crippen LogP) is 3.59. The van der Waals surface area contributed by atoms with Crippen molar-refractivity contribution in [3.05, 3.63) is 29.8 Å². The van der Waals surface area contributed by atoms with Gasteiger partial charge in [0.15, 0.2) is 0 Å². The lowest BCUT2D eigenvalue weighted by Crippen LogP contribution is -2.47. The van der Waals surface area contributed by atoms with Crippen LogP contribution >= 0.6 is 0 Å². The molecule has 2 unspecified atom stereocenters. The highest BCUT2D eigenvalue weighted by Gasteiger charge is 2.34. The summed E-state index contributed by atoms with van der Waals surface area (Å²) in [5.41, 5.74) is 2.64. The first kappa shape index (κ1) is 14.5. The van der Waals surface area contributed by atoms with Crippen molar-refractivity contribution in [1.29, 1.82) is 0 Å². The average Bonchev–Trinajstić information content (AvgIpc) is 2.54. The Morgan fingerprint density at radius 1 is 1.33 bits per heavy atom. The molecule has 0 N–H and O–H groups in total. The summed E-state index contributed by atoms with van der Waals surface area (Å²) in [5, 5.41) is 0. The second-order valence-electron chi connectivity index (χ2n) is 5.97. The van der Waals surface area contributed by atoms with Gasteiger partial charge in [-0.15, -0.1) is 0 Å². The molecule has 0 bridgehead atoms. The normalized spacial score (nSPS) is 24.6. The van der Waals surface area contributed by atoms with Gasteiger partial charge in [0.2, 0.25) is 0 Å². The number of hydrogen-bond donors (Lipinski definition) is 0. The van der Waals surface area contributed by atoms with Gasteiger partial charge >= 0.3 is 0 Å². The number of nitrogens with zero attached hydrogens (tertiary/aromatic N) is 1. The Labute approximate surface area is 127 Å². The van der Waals surface area contributed by atoms with Crippen molar-refractivity contribution in [3.8, 4) is 11.5 Å². The molecular formula is C18H25NO2. The van der Waals surface area contributed by atoms with Crippen LogP contribution in [0, 0.1) is 5.92 Å². The molecule has 1 aromatic carbocycles. The first-order chi connectivity index (χ1) is 10.3. The molecule has 3 heteroatoms. The average molecular weight is 287 g/mol. The van der Waals surface area contributed by atoms with E-state index in [-0.39, 0.29) is 0 Å². The first-order valence-corrected chi connectivity index (χ1v) is 8.03. The summed E-state index contributed by atoms with van der Waals surface area (Å²) in [5.74, 6) is 2.53. The van der Waals surface area contributed by atoms with Gasteiger partial charge in [0.05, 0.1) is 13.2 Å². The molecule has 0 saturated heterocycles. The van der Waals surface area contributed by atoms with Crippen molar-refractivity contribution < 1.29 is 9.47 Å². The number of fused-ring (bicyclic) bond motifs is 3. The Bertz CT molecular complexity index is 538. The molecule has 0 aliphatic carbocycles. The van der Waals surface area contributed by atoms with Crippen LogP contribution in [0.2, 0.25) is 0 Å². The van der Waals surface area contributed by atoms with Crippen molar-refractivity contribution in [1.82, 2.24) is 4.90 Å². The lowest BCUT2D eigenvalue weighted by atomic mass is 9.86. The van der Waals surface area contributed by atoms with Gasteiger partial charge in [-0.1, -0.05) is 19.9 Å². The molecule has 0 fully saturated rings. The summed E-state index contributed by atoms with van der Waals surface area (Å²) in [4.78, 5) is 2.59. The van der Waals surface area contributed by atoms with Gasteiger partial charge in [-0.25, -0.2) is 0 Å².